The Morgan fingerprint density at radius 1 is 1.00 bits per heavy atom. The Labute approximate surface area is 229 Å². The van der Waals surface area contributed by atoms with Crippen molar-refractivity contribution in [3.8, 4) is 0 Å². The summed E-state index contributed by atoms with van der Waals surface area (Å²) >= 11 is 0. The predicted molar refractivity (Wildman–Crippen MR) is 127 cm³/mol. The lowest BCUT2D eigenvalue weighted by molar-refractivity contribution is -0.253. The first kappa shape index (κ1) is 34.7. The van der Waals surface area contributed by atoms with Crippen molar-refractivity contribution in [2.75, 3.05) is 19.8 Å². The summed E-state index contributed by atoms with van der Waals surface area (Å²) in [5, 5.41) is 30.8. The summed E-state index contributed by atoms with van der Waals surface area (Å²) in [5.41, 5.74) is -5.60. The summed E-state index contributed by atoms with van der Waals surface area (Å²) in [7, 11) is -15.2. The molecule has 0 aromatic heterocycles. The van der Waals surface area contributed by atoms with E-state index in [4.69, 9.17) is 23.3 Å². The Morgan fingerprint density at radius 2 is 1.57 bits per heavy atom. The van der Waals surface area contributed by atoms with Crippen LogP contribution in [0.2, 0.25) is 0 Å². The monoisotopic (exact) mass is 645 g/mol. The molecular weight excluding hydrogens is 614 g/mol. The molecule has 7 atom stereocenters. The number of nitrogens with one attached hydrogen (secondary N) is 1. The van der Waals surface area contributed by atoms with E-state index in [1.165, 1.54) is 20.8 Å². The number of aliphatic hydroxyl groups is 2. The van der Waals surface area contributed by atoms with Crippen LogP contribution in [0.4, 0.5) is 0 Å². The summed E-state index contributed by atoms with van der Waals surface area (Å²) in [6.07, 6.45) is -6.61. The molecule has 0 bridgehead atoms. The number of hydrogen-bond acceptors (Lipinski definition) is 14. The van der Waals surface area contributed by atoms with Gasteiger partial charge >= 0.3 is 37.1 Å². The highest BCUT2D eigenvalue weighted by Crippen LogP contribution is 2.43. The molecule has 0 aromatic rings. The van der Waals surface area contributed by atoms with Crippen molar-refractivity contribution in [2.24, 2.45) is 5.41 Å². The molecule has 0 saturated carbocycles. The molecular formula is C18H31NO18S3. The van der Waals surface area contributed by atoms with E-state index in [1.807, 2.05) is 0 Å². The maximum atomic E-state index is 11.5. The van der Waals surface area contributed by atoms with E-state index >= 15 is 0 Å². The lowest BCUT2D eigenvalue weighted by atomic mass is 9.70. The second kappa shape index (κ2) is 11.6. The highest BCUT2D eigenvalue weighted by atomic mass is 32.3. The van der Waals surface area contributed by atoms with Gasteiger partial charge in [-0.15, -0.1) is 0 Å². The van der Waals surface area contributed by atoms with Crippen LogP contribution < -0.4 is 4.72 Å². The van der Waals surface area contributed by atoms with Crippen LogP contribution in [0.1, 0.15) is 27.7 Å². The molecule has 5 unspecified atom stereocenters. The molecule has 2 aliphatic rings. The molecule has 7 N–H and O–H groups in total. The second-order valence-corrected chi connectivity index (χ2v) is 13.4. The lowest BCUT2D eigenvalue weighted by Gasteiger charge is -2.54. The van der Waals surface area contributed by atoms with Crippen LogP contribution in [0, 0.1) is 5.41 Å². The molecule has 22 heteroatoms. The van der Waals surface area contributed by atoms with E-state index in [0.717, 1.165) is 6.92 Å². The molecule has 19 nitrogen and oxygen atoms in total. The van der Waals surface area contributed by atoms with Gasteiger partial charge in [0.15, 0.2) is 11.7 Å². The SMILES string of the molecule is CC1(C)OC(COS(=O)(=O)O)[C@@](C)(COC[C@@]2(C)OC(C(=O)O)=CC(O)C2OS(=O)(=O)O)C(O)C1NS(=O)(=O)O. The third-order valence-electron chi connectivity index (χ3n) is 6.38. The van der Waals surface area contributed by atoms with Crippen molar-refractivity contribution in [3.05, 3.63) is 11.8 Å². The summed E-state index contributed by atoms with van der Waals surface area (Å²) in [6.45, 7) is 2.39. The topological polar surface area (TPSA) is 299 Å². The normalized spacial score (nSPS) is 35.0. The molecule has 0 amide bonds. The Kier molecular flexibility index (Phi) is 10.1. The summed E-state index contributed by atoms with van der Waals surface area (Å²) in [4.78, 5) is 11.4. The molecule has 0 radical (unpaired) electrons. The van der Waals surface area contributed by atoms with Gasteiger partial charge in [-0.3, -0.25) is 13.7 Å². The van der Waals surface area contributed by atoms with Crippen molar-refractivity contribution in [1.29, 1.82) is 0 Å². The fourth-order valence-electron chi connectivity index (χ4n) is 4.38. The zero-order valence-electron chi connectivity index (χ0n) is 21.4. The first-order chi connectivity index (χ1) is 17.8. The van der Waals surface area contributed by atoms with Gasteiger partial charge in [-0.25, -0.2) is 13.2 Å². The van der Waals surface area contributed by atoms with Crippen LogP contribution in [-0.4, -0.2) is 122 Å². The number of hydrogen-bond donors (Lipinski definition) is 7. The van der Waals surface area contributed by atoms with E-state index in [1.54, 1.807) is 4.72 Å². The molecule has 0 spiro atoms. The minimum Gasteiger partial charge on any atom is -0.475 e. The van der Waals surface area contributed by atoms with E-state index < -0.39 is 110 Å². The van der Waals surface area contributed by atoms with Gasteiger partial charge in [0.25, 0.3) is 0 Å². The van der Waals surface area contributed by atoms with Gasteiger partial charge in [0.05, 0.1) is 43.7 Å². The quantitative estimate of drug-likeness (QED) is 0.107. The fourth-order valence-corrected chi connectivity index (χ4v) is 5.99. The molecule has 1 fully saturated rings. The Bertz CT molecular complexity index is 1310. The van der Waals surface area contributed by atoms with Gasteiger partial charge in [-0.1, -0.05) is 6.92 Å². The Hall–Kier alpha value is -1.54. The lowest BCUT2D eigenvalue weighted by Crippen LogP contribution is -2.71. The van der Waals surface area contributed by atoms with Crippen molar-refractivity contribution >= 4 is 37.1 Å². The molecule has 0 aliphatic carbocycles. The van der Waals surface area contributed by atoms with E-state index in [0.29, 0.717) is 6.08 Å². The van der Waals surface area contributed by atoms with Crippen molar-refractivity contribution in [1.82, 2.24) is 4.72 Å². The van der Waals surface area contributed by atoms with Crippen LogP contribution in [-0.2, 0) is 58.5 Å². The van der Waals surface area contributed by atoms with E-state index in [9.17, 15) is 49.9 Å². The summed E-state index contributed by atoms with van der Waals surface area (Å²) in [6, 6.07) is -1.58. The number of aliphatic hydroxyl groups excluding tert-OH is 2. The van der Waals surface area contributed by atoms with Crippen molar-refractivity contribution in [2.45, 2.75) is 69.4 Å². The van der Waals surface area contributed by atoms with Crippen LogP contribution in [0.15, 0.2) is 11.8 Å². The number of carbonyl (C=O) groups is 1. The third-order valence-corrected chi connectivity index (χ3v) is 7.82. The van der Waals surface area contributed by atoms with Gasteiger partial charge in [0, 0.05) is 5.41 Å². The second-order valence-electron chi connectivity index (χ2n) is 10.1. The largest absolute Gasteiger partial charge is 0.475 e. The Morgan fingerprint density at radius 3 is 2.05 bits per heavy atom. The maximum Gasteiger partial charge on any atom is 0.397 e. The van der Waals surface area contributed by atoms with Crippen molar-refractivity contribution in [3.63, 3.8) is 0 Å². The maximum absolute atomic E-state index is 11.5. The third kappa shape index (κ3) is 8.73. The average Bonchev–Trinajstić information content (AvgIpc) is 2.74. The van der Waals surface area contributed by atoms with Gasteiger partial charge in [0.2, 0.25) is 5.76 Å². The summed E-state index contributed by atoms with van der Waals surface area (Å²) in [5.74, 6) is -2.50. The van der Waals surface area contributed by atoms with Gasteiger partial charge in [-0.05, 0) is 26.8 Å². The molecule has 1 saturated heterocycles. The van der Waals surface area contributed by atoms with Gasteiger partial charge in [-0.2, -0.15) is 30.0 Å². The highest BCUT2D eigenvalue weighted by Gasteiger charge is 2.58. The number of rotatable bonds is 12. The summed E-state index contributed by atoms with van der Waals surface area (Å²) < 4.78 is 123. The predicted octanol–water partition coefficient (Wildman–Crippen LogP) is -2.57. The molecule has 0 aromatic carbocycles. The van der Waals surface area contributed by atoms with Gasteiger partial charge in [0.1, 0.15) is 6.10 Å². The van der Waals surface area contributed by atoms with Crippen molar-refractivity contribution < 1.29 is 81.6 Å². The van der Waals surface area contributed by atoms with E-state index in [2.05, 4.69) is 8.37 Å². The number of carboxylic acids is 1. The van der Waals surface area contributed by atoms with Crippen LogP contribution in [0.3, 0.4) is 0 Å². The minimum absolute atomic E-state index is 0.607. The average molecular weight is 646 g/mol. The first-order valence-corrected chi connectivity index (χ1v) is 15.2. The molecule has 2 heterocycles. The van der Waals surface area contributed by atoms with E-state index in [-0.39, 0.29) is 0 Å². The fraction of sp³-hybridized carbons (Fsp3) is 0.833. The van der Waals surface area contributed by atoms with Crippen LogP contribution in [0.5, 0.6) is 0 Å². The molecule has 40 heavy (non-hydrogen) atoms. The standard InChI is InChI=1S/C18H31NO18S3/c1-16(2)12(19-38(24,25)26)13(21)17(3,11(36-16)6-34-39(27,28)29)7-33-8-18(4)14(37-40(30,31)32)9(20)5-10(35-18)15(22)23/h5,9,11-14,19-21H,6-8H2,1-4H3,(H,22,23)(H,24,25,26)(H,27,28,29)(H,30,31,32)/t9?,11?,12?,13?,14?,17-,18-/m1/s1. The van der Waals surface area contributed by atoms with Crippen LogP contribution in [0.25, 0.3) is 0 Å². The Balaban J connectivity index is 2.42. The number of carboxylic acid groups (broad SMARTS) is 1. The number of aliphatic carboxylic acids is 1. The zero-order valence-corrected chi connectivity index (χ0v) is 23.8. The van der Waals surface area contributed by atoms with Gasteiger partial charge < -0.3 is 29.5 Å². The zero-order chi connectivity index (χ0) is 31.1. The smallest absolute Gasteiger partial charge is 0.397 e. The minimum atomic E-state index is -5.22. The first-order valence-electron chi connectivity index (χ1n) is 11.1. The van der Waals surface area contributed by atoms with Crippen LogP contribution >= 0.6 is 0 Å². The number of ether oxygens (including phenoxy) is 3. The molecule has 2 rings (SSSR count). The highest BCUT2D eigenvalue weighted by molar-refractivity contribution is 7.83. The molecule has 234 valence electrons. The molecule has 2 aliphatic heterocycles.